The van der Waals surface area contributed by atoms with Crippen LogP contribution in [0, 0.1) is 0 Å². The summed E-state index contributed by atoms with van der Waals surface area (Å²) in [6.07, 6.45) is 10.9. The Bertz CT molecular complexity index is 591. The van der Waals surface area contributed by atoms with E-state index in [-0.39, 0.29) is 0 Å². The Morgan fingerprint density at radius 3 is 2.59 bits per heavy atom. The van der Waals surface area contributed by atoms with Crippen molar-refractivity contribution in [3.05, 3.63) is 29.3 Å². The van der Waals surface area contributed by atoms with Crippen molar-refractivity contribution in [2.24, 2.45) is 0 Å². The van der Waals surface area contributed by atoms with Gasteiger partial charge in [0.2, 0.25) is 0 Å². The minimum absolute atomic E-state index is 0.493. The molecule has 3 aliphatic rings. The number of rotatable bonds is 6. The molecule has 0 aromatic heterocycles. The second-order valence-electron chi connectivity index (χ2n) is 8.60. The van der Waals surface area contributed by atoms with Gasteiger partial charge in [-0.2, -0.15) is 0 Å². The molecule has 150 valence electrons. The lowest BCUT2D eigenvalue weighted by atomic mass is 9.87. The molecule has 4 rings (SSSR count). The van der Waals surface area contributed by atoms with Crippen molar-refractivity contribution < 1.29 is 4.74 Å². The summed E-state index contributed by atoms with van der Waals surface area (Å²) in [4.78, 5) is 5.42. The van der Waals surface area contributed by atoms with E-state index in [0.29, 0.717) is 6.04 Å². The highest BCUT2D eigenvalue weighted by atomic mass is 16.5. The number of ether oxygens (including phenoxy) is 1. The molecule has 27 heavy (non-hydrogen) atoms. The van der Waals surface area contributed by atoms with Gasteiger partial charge in [-0.05, 0) is 49.3 Å². The van der Waals surface area contributed by atoms with E-state index >= 15 is 0 Å². The van der Waals surface area contributed by atoms with Gasteiger partial charge >= 0.3 is 0 Å². The highest BCUT2D eigenvalue weighted by molar-refractivity contribution is 5.43. The van der Waals surface area contributed by atoms with Crippen LogP contribution < -0.4 is 10.1 Å². The van der Waals surface area contributed by atoms with Gasteiger partial charge in [0.1, 0.15) is 5.75 Å². The molecule has 0 amide bonds. The Morgan fingerprint density at radius 2 is 1.81 bits per heavy atom. The van der Waals surface area contributed by atoms with E-state index in [1.54, 1.807) is 7.11 Å². The van der Waals surface area contributed by atoms with Crippen molar-refractivity contribution in [2.75, 3.05) is 46.4 Å². The second kappa shape index (κ2) is 9.40. The molecule has 0 spiro atoms. The van der Waals surface area contributed by atoms with E-state index in [1.165, 1.54) is 88.8 Å². The van der Waals surface area contributed by atoms with Gasteiger partial charge in [-0.1, -0.05) is 31.4 Å². The summed E-state index contributed by atoms with van der Waals surface area (Å²) in [6, 6.07) is 7.91. The number of fused-ring (bicyclic) bond motifs is 1. The third kappa shape index (κ3) is 4.67. The molecule has 2 fully saturated rings. The summed E-state index contributed by atoms with van der Waals surface area (Å²) in [5.74, 6) is 1.07. The van der Waals surface area contributed by atoms with Crippen LogP contribution in [0.25, 0.3) is 0 Å². The molecule has 0 radical (unpaired) electrons. The Labute approximate surface area is 165 Å². The number of hydrogen-bond donors (Lipinski definition) is 1. The molecule has 1 aromatic carbocycles. The standard InChI is InChI=1S/C23H37N3O/c1-27-23-12-6-9-20-21(23)10-5-11-22(20)24-13-14-25-15-17-26(18-16-25)19-7-3-2-4-8-19/h6,9,12,19,22,24H,2-5,7-8,10-11,13-18H2,1H3. The van der Waals surface area contributed by atoms with Crippen LogP contribution in [0.2, 0.25) is 0 Å². The van der Waals surface area contributed by atoms with E-state index in [9.17, 15) is 0 Å². The van der Waals surface area contributed by atoms with E-state index in [1.807, 2.05) is 0 Å². The molecular formula is C23H37N3O. The molecule has 1 unspecified atom stereocenters. The quantitative estimate of drug-likeness (QED) is 0.827. The lowest BCUT2D eigenvalue weighted by Crippen LogP contribution is -2.51. The fourth-order valence-corrected chi connectivity index (χ4v) is 5.41. The third-order valence-corrected chi connectivity index (χ3v) is 7.00. The zero-order valence-corrected chi connectivity index (χ0v) is 17.1. The minimum Gasteiger partial charge on any atom is -0.496 e. The molecule has 4 nitrogen and oxygen atoms in total. The first kappa shape index (κ1) is 19.2. The monoisotopic (exact) mass is 371 g/mol. The number of methoxy groups -OCH3 is 1. The summed E-state index contributed by atoms with van der Waals surface area (Å²) >= 11 is 0. The highest BCUT2D eigenvalue weighted by Crippen LogP contribution is 2.35. The van der Waals surface area contributed by atoms with Crippen molar-refractivity contribution in [2.45, 2.75) is 63.5 Å². The van der Waals surface area contributed by atoms with Gasteiger partial charge in [-0.3, -0.25) is 9.80 Å². The van der Waals surface area contributed by atoms with Crippen LogP contribution in [0.5, 0.6) is 5.75 Å². The van der Waals surface area contributed by atoms with Crippen molar-refractivity contribution in [3.63, 3.8) is 0 Å². The summed E-state index contributed by atoms with van der Waals surface area (Å²) < 4.78 is 5.58. The minimum atomic E-state index is 0.493. The van der Waals surface area contributed by atoms with Gasteiger partial charge in [0.15, 0.2) is 0 Å². The molecule has 0 bridgehead atoms. The van der Waals surface area contributed by atoms with E-state index in [2.05, 4.69) is 33.3 Å². The van der Waals surface area contributed by atoms with E-state index < -0.39 is 0 Å². The topological polar surface area (TPSA) is 27.7 Å². The van der Waals surface area contributed by atoms with Gasteiger partial charge in [-0.15, -0.1) is 0 Å². The van der Waals surface area contributed by atoms with Crippen LogP contribution >= 0.6 is 0 Å². The summed E-state index contributed by atoms with van der Waals surface area (Å²) in [7, 11) is 1.79. The Balaban J connectivity index is 1.22. The summed E-state index contributed by atoms with van der Waals surface area (Å²) in [6.45, 7) is 7.29. The number of benzene rings is 1. The average molecular weight is 372 g/mol. The molecule has 1 N–H and O–H groups in total. The van der Waals surface area contributed by atoms with Crippen LogP contribution in [0.15, 0.2) is 18.2 Å². The van der Waals surface area contributed by atoms with Gasteiger partial charge in [-0.25, -0.2) is 0 Å². The number of hydrogen-bond acceptors (Lipinski definition) is 4. The normalized spacial score (nSPS) is 25.3. The predicted octanol–water partition coefficient (Wildman–Crippen LogP) is 3.61. The fraction of sp³-hybridized carbons (Fsp3) is 0.739. The number of nitrogens with zero attached hydrogens (tertiary/aromatic N) is 2. The molecule has 1 atom stereocenters. The van der Waals surface area contributed by atoms with Crippen molar-refractivity contribution in [3.8, 4) is 5.75 Å². The number of piperazine rings is 1. The van der Waals surface area contributed by atoms with Crippen molar-refractivity contribution in [1.82, 2.24) is 15.1 Å². The van der Waals surface area contributed by atoms with Crippen molar-refractivity contribution in [1.29, 1.82) is 0 Å². The first-order valence-electron chi connectivity index (χ1n) is 11.2. The van der Waals surface area contributed by atoms with Crippen LogP contribution in [-0.4, -0.2) is 62.2 Å². The zero-order chi connectivity index (χ0) is 18.5. The molecule has 1 heterocycles. The van der Waals surface area contributed by atoms with Gasteiger partial charge in [0, 0.05) is 51.4 Å². The lowest BCUT2D eigenvalue weighted by Gasteiger charge is -2.41. The van der Waals surface area contributed by atoms with E-state index in [4.69, 9.17) is 4.74 Å². The van der Waals surface area contributed by atoms with Crippen molar-refractivity contribution >= 4 is 0 Å². The van der Waals surface area contributed by atoms with Gasteiger partial charge in [0.05, 0.1) is 7.11 Å². The zero-order valence-electron chi connectivity index (χ0n) is 17.1. The largest absolute Gasteiger partial charge is 0.496 e. The Kier molecular flexibility index (Phi) is 6.69. The SMILES string of the molecule is COc1cccc2c1CCCC2NCCN1CCN(C2CCCCC2)CC1. The maximum absolute atomic E-state index is 5.58. The second-order valence-corrected chi connectivity index (χ2v) is 8.60. The molecule has 4 heteroatoms. The van der Waals surface area contributed by atoms with E-state index in [0.717, 1.165) is 24.8 Å². The Morgan fingerprint density at radius 1 is 1.00 bits per heavy atom. The van der Waals surface area contributed by atoms with Gasteiger partial charge < -0.3 is 10.1 Å². The molecule has 1 aliphatic heterocycles. The molecular weight excluding hydrogens is 334 g/mol. The molecule has 1 aromatic rings. The molecule has 2 aliphatic carbocycles. The summed E-state index contributed by atoms with van der Waals surface area (Å²) in [5.41, 5.74) is 2.88. The maximum atomic E-state index is 5.58. The van der Waals surface area contributed by atoms with Crippen LogP contribution in [0.4, 0.5) is 0 Å². The number of nitrogens with one attached hydrogen (secondary N) is 1. The van der Waals surface area contributed by atoms with Crippen LogP contribution in [-0.2, 0) is 6.42 Å². The Hall–Kier alpha value is -1.10. The van der Waals surface area contributed by atoms with Crippen LogP contribution in [0.1, 0.15) is 62.1 Å². The van der Waals surface area contributed by atoms with Crippen LogP contribution in [0.3, 0.4) is 0 Å². The lowest BCUT2D eigenvalue weighted by molar-refractivity contribution is 0.0790. The first-order valence-corrected chi connectivity index (χ1v) is 11.2. The average Bonchev–Trinajstić information content (AvgIpc) is 2.74. The molecule has 1 saturated heterocycles. The molecule has 1 saturated carbocycles. The van der Waals surface area contributed by atoms with Gasteiger partial charge in [0.25, 0.3) is 0 Å². The third-order valence-electron chi connectivity index (χ3n) is 7.00. The smallest absolute Gasteiger partial charge is 0.122 e. The maximum Gasteiger partial charge on any atom is 0.122 e. The summed E-state index contributed by atoms with van der Waals surface area (Å²) in [5, 5.41) is 3.84. The predicted molar refractivity (Wildman–Crippen MR) is 112 cm³/mol. The highest BCUT2D eigenvalue weighted by Gasteiger charge is 2.26. The fourth-order valence-electron chi connectivity index (χ4n) is 5.41. The first-order chi connectivity index (χ1) is 13.3.